The highest BCUT2D eigenvalue weighted by Crippen LogP contribution is 2.31. The summed E-state index contributed by atoms with van der Waals surface area (Å²) in [4.78, 5) is 11.2. The lowest BCUT2D eigenvalue weighted by Gasteiger charge is -2.11. The van der Waals surface area contributed by atoms with Crippen LogP contribution in [-0.4, -0.2) is 25.3 Å². The summed E-state index contributed by atoms with van der Waals surface area (Å²) in [6.07, 6.45) is 0. The number of hydrogen-bond acceptors (Lipinski definition) is 4. The molecule has 0 atom stereocenters. The minimum atomic E-state index is -1.13. The van der Waals surface area contributed by atoms with Gasteiger partial charge in [-0.15, -0.1) is 0 Å². The number of carboxylic acid groups (broad SMARTS) is 1. The van der Waals surface area contributed by atoms with Crippen LogP contribution in [0.3, 0.4) is 0 Å². The van der Waals surface area contributed by atoms with Crippen molar-refractivity contribution in [2.75, 3.05) is 14.2 Å². The van der Waals surface area contributed by atoms with Crippen LogP contribution in [0.5, 0.6) is 11.5 Å². The summed E-state index contributed by atoms with van der Waals surface area (Å²) < 4.78 is 10.2. The van der Waals surface area contributed by atoms with E-state index in [1.807, 2.05) is 6.07 Å². The van der Waals surface area contributed by atoms with Gasteiger partial charge in [-0.25, -0.2) is 4.79 Å². The predicted octanol–water partition coefficient (Wildman–Crippen LogP) is 2.94. The van der Waals surface area contributed by atoms with Crippen molar-refractivity contribution in [1.29, 1.82) is 5.26 Å². The van der Waals surface area contributed by atoms with Crippen molar-refractivity contribution in [3.05, 3.63) is 47.5 Å². The Morgan fingerprint density at radius 1 is 1.14 bits per heavy atom. The Balaban J connectivity index is 2.62. The number of methoxy groups -OCH3 is 2. The summed E-state index contributed by atoms with van der Waals surface area (Å²) >= 11 is 0. The zero-order chi connectivity index (χ0) is 15.4. The lowest BCUT2D eigenvalue weighted by atomic mass is 9.97. The Bertz CT molecular complexity index is 714. The molecule has 0 unspecified atom stereocenters. The normalized spacial score (nSPS) is 9.76. The standard InChI is InChI=1S/C16H13NO4/c1-20-12-5-3-10(4-6-12)13-8-15(21-2)14(16(18)19)7-11(13)9-17/h3-8H,1-2H3,(H,18,19). The zero-order valence-corrected chi connectivity index (χ0v) is 11.6. The molecule has 0 aliphatic heterocycles. The molecule has 1 N–H and O–H groups in total. The van der Waals surface area contributed by atoms with Gasteiger partial charge < -0.3 is 14.6 Å². The maximum absolute atomic E-state index is 11.2. The molecule has 0 bridgehead atoms. The van der Waals surface area contributed by atoms with Crippen molar-refractivity contribution in [3.63, 3.8) is 0 Å². The van der Waals surface area contributed by atoms with E-state index in [9.17, 15) is 10.1 Å². The Labute approximate surface area is 122 Å². The van der Waals surface area contributed by atoms with Crippen LogP contribution in [0.15, 0.2) is 36.4 Å². The van der Waals surface area contributed by atoms with E-state index in [0.717, 1.165) is 5.56 Å². The number of carbonyl (C=O) groups is 1. The first-order valence-corrected chi connectivity index (χ1v) is 6.10. The van der Waals surface area contributed by atoms with Crippen molar-refractivity contribution < 1.29 is 19.4 Å². The molecule has 0 spiro atoms. The molecule has 0 aromatic heterocycles. The topological polar surface area (TPSA) is 79.6 Å². The van der Waals surface area contributed by atoms with Crippen molar-refractivity contribution >= 4 is 5.97 Å². The second-order valence-electron chi connectivity index (χ2n) is 4.24. The van der Waals surface area contributed by atoms with Gasteiger partial charge in [-0.05, 0) is 29.8 Å². The highest BCUT2D eigenvalue weighted by atomic mass is 16.5. The SMILES string of the molecule is COc1ccc(-c2cc(OC)c(C(=O)O)cc2C#N)cc1. The lowest BCUT2D eigenvalue weighted by molar-refractivity contribution is 0.0693. The van der Waals surface area contributed by atoms with Gasteiger partial charge in [-0.2, -0.15) is 5.26 Å². The first kappa shape index (κ1) is 14.4. The molecule has 0 aliphatic carbocycles. The molecular weight excluding hydrogens is 270 g/mol. The van der Waals surface area contributed by atoms with Crippen LogP contribution in [0.2, 0.25) is 0 Å². The average molecular weight is 283 g/mol. The van der Waals surface area contributed by atoms with E-state index < -0.39 is 5.97 Å². The minimum absolute atomic E-state index is 0.0358. The van der Waals surface area contributed by atoms with Crippen LogP contribution in [0.1, 0.15) is 15.9 Å². The summed E-state index contributed by atoms with van der Waals surface area (Å²) in [5, 5.41) is 18.4. The Morgan fingerprint density at radius 2 is 1.81 bits per heavy atom. The highest BCUT2D eigenvalue weighted by Gasteiger charge is 2.16. The third-order valence-corrected chi connectivity index (χ3v) is 3.09. The van der Waals surface area contributed by atoms with Crippen LogP contribution in [0.25, 0.3) is 11.1 Å². The molecule has 2 aromatic rings. The predicted molar refractivity (Wildman–Crippen MR) is 76.7 cm³/mol. The van der Waals surface area contributed by atoms with Crippen LogP contribution in [0, 0.1) is 11.3 Å². The van der Waals surface area contributed by atoms with Gasteiger partial charge in [0.2, 0.25) is 0 Å². The zero-order valence-electron chi connectivity index (χ0n) is 11.6. The molecule has 0 radical (unpaired) electrons. The molecule has 0 amide bonds. The first-order chi connectivity index (χ1) is 10.1. The second kappa shape index (κ2) is 5.97. The van der Waals surface area contributed by atoms with Gasteiger partial charge in [0.05, 0.1) is 25.9 Å². The number of hydrogen-bond donors (Lipinski definition) is 1. The van der Waals surface area contributed by atoms with E-state index in [4.69, 9.17) is 14.6 Å². The molecule has 0 saturated carbocycles. The van der Waals surface area contributed by atoms with E-state index in [1.54, 1.807) is 37.4 Å². The molecule has 21 heavy (non-hydrogen) atoms. The van der Waals surface area contributed by atoms with Crippen LogP contribution in [0.4, 0.5) is 0 Å². The van der Waals surface area contributed by atoms with E-state index in [-0.39, 0.29) is 16.9 Å². The fourth-order valence-corrected chi connectivity index (χ4v) is 2.02. The van der Waals surface area contributed by atoms with Crippen molar-refractivity contribution in [2.45, 2.75) is 0 Å². The van der Waals surface area contributed by atoms with E-state index >= 15 is 0 Å². The Kier molecular flexibility index (Phi) is 4.10. The van der Waals surface area contributed by atoms with Gasteiger partial charge in [0.25, 0.3) is 0 Å². The lowest BCUT2D eigenvalue weighted by Crippen LogP contribution is -2.02. The summed E-state index contributed by atoms with van der Waals surface area (Å²) in [6.45, 7) is 0. The third-order valence-electron chi connectivity index (χ3n) is 3.09. The van der Waals surface area contributed by atoms with E-state index in [2.05, 4.69) is 0 Å². The van der Waals surface area contributed by atoms with Gasteiger partial charge >= 0.3 is 5.97 Å². The van der Waals surface area contributed by atoms with Gasteiger partial charge in [0.15, 0.2) is 0 Å². The van der Waals surface area contributed by atoms with Crippen LogP contribution in [-0.2, 0) is 0 Å². The first-order valence-electron chi connectivity index (χ1n) is 6.10. The second-order valence-corrected chi connectivity index (χ2v) is 4.24. The summed E-state index contributed by atoms with van der Waals surface area (Å²) in [5.74, 6) is -0.219. The van der Waals surface area contributed by atoms with Crippen molar-refractivity contribution in [3.8, 4) is 28.7 Å². The smallest absolute Gasteiger partial charge is 0.339 e. The molecule has 2 aromatic carbocycles. The minimum Gasteiger partial charge on any atom is -0.497 e. The Hall–Kier alpha value is -3.00. The van der Waals surface area contributed by atoms with Crippen LogP contribution < -0.4 is 9.47 Å². The van der Waals surface area contributed by atoms with Crippen molar-refractivity contribution in [2.24, 2.45) is 0 Å². The quantitative estimate of drug-likeness (QED) is 0.933. The Morgan fingerprint density at radius 3 is 2.29 bits per heavy atom. The molecule has 0 saturated heterocycles. The number of carboxylic acids is 1. The summed E-state index contributed by atoms with van der Waals surface area (Å²) in [5.41, 5.74) is 1.63. The van der Waals surface area contributed by atoms with E-state index in [0.29, 0.717) is 11.3 Å². The molecule has 0 aliphatic rings. The maximum atomic E-state index is 11.2. The van der Waals surface area contributed by atoms with Gasteiger partial charge in [-0.3, -0.25) is 0 Å². The number of ether oxygens (including phenoxy) is 2. The molecule has 5 nitrogen and oxygen atoms in total. The molecule has 0 heterocycles. The number of nitriles is 1. The van der Waals surface area contributed by atoms with Gasteiger partial charge in [-0.1, -0.05) is 12.1 Å². The van der Waals surface area contributed by atoms with E-state index in [1.165, 1.54) is 13.2 Å². The third kappa shape index (κ3) is 2.79. The maximum Gasteiger partial charge on any atom is 0.339 e. The van der Waals surface area contributed by atoms with Crippen molar-refractivity contribution in [1.82, 2.24) is 0 Å². The van der Waals surface area contributed by atoms with Crippen LogP contribution >= 0.6 is 0 Å². The molecule has 5 heteroatoms. The number of aromatic carboxylic acids is 1. The number of nitrogens with zero attached hydrogens (tertiary/aromatic N) is 1. The average Bonchev–Trinajstić information content (AvgIpc) is 2.53. The largest absolute Gasteiger partial charge is 0.497 e. The van der Waals surface area contributed by atoms with Gasteiger partial charge in [0.1, 0.15) is 17.1 Å². The molecular formula is C16H13NO4. The fraction of sp³-hybridized carbons (Fsp3) is 0.125. The monoisotopic (exact) mass is 283 g/mol. The molecule has 0 fully saturated rings. The summed E-state index contributed by atoms with van der Waals surface area (Å²) in [7, 11) is 2.96. The fourth-order valence-electron chi connectivity index (χ4n) is 2.02. The van der Waals surface area contributed by atoms with Gasteiger partial charge in [0, 0.05) is 5.56 Å². The molecule has 106 valence electrons. The number of rotatable bonds is 4. The summed E-state index contributed by atoms with van der Waals surface area (Å²) in [6, 6.07) is 12.0. The highest BCUT2D eigenvalue weighted by molar-refractivity contribution is 5.93. The molecule has 2 rings (SSSR count). The number of benzene rings is 2.